The third-order valence-corrected chi connectivity index (χ3v) is 4.29. The van der Waals surface area contributed by atoms with Gasteiger partial charge in [0.2, 0.25) is 0 Å². The zero-order chi connectivity index (χ0) is 15.8. The van der Waals surface area contributed by atoms with Crippen LogP contribution in [0.5, 0.6) is 0 Å². The molecule has 0 radical (unpaired) electrons. The van der Waals surface area contributed by atoms with Crippen LogP contribution in [0.15, 0.2) is 54.6 Å². The monoisotopic (exact) mass is 307 g/mol. The van der Waals surface area contributed by atoms with Gasteiger partial charge >= 0.3 is 0 Å². The first kappa shape index (κ1) is 14.2. The van der Waals surface area contributed by atoms with Crippen molar-refractivity contribution in [2.45, 2.75) is 19.6 Å². The molecule has 0 N–H and O–H groups in total. The number of halogens is 1. The Morgan fingerprint density at radius 2 is 1.74 bits per heavy atom. The van der Waals surface area contributed by atoms with Gasteiger partial charge in [-0.05, 0) is 24.7 Å². The molecule has 1 aliphatic heterocycles. The minimum Gasteiger partial charge on any atom is -0.296 e. The van der Waals surface area contributed by atoms with Crippen molar-refractivity contribution in [3.63, 3.8) is 0 Å². The van der Waals surface area contributed by atoms with E-state index in [1.54, 1.807) is 6.07 Å². The van der Waals surface area contributed by atoms with E-state index in [0.29, 0.717) is 12.1 Å². The summed E-state index contributed by atoms with van der Waals surface area (Å²) in [4.78, 5) is 2.20. The second kappa shape index (κ2) is 5.63. The molecule has 2 heterocycles. The molecule has 1 aromatic heterocycles. The van der Waals surface area contributed by atoms with E-state index >= 15 is 0 Å². The van der Waals surface area contributed by atoms with Crippen LogP contribution in [0, 0.1) is 5.82 Å². The summed E-state index contributed by atoms with van der Waals surface area (Å²) in [6, 6.07) is 17.1. The number of rotatable bonds is 3. The smallest absolute Gasteiger partial charge is 0.132 e. The van der Waals surface area contributed by atoms with Gasteiger partial charge in [0.1, 0.15) is 5.82 Å². The van der Waals surface area contributed by atoms with E-state index in [2.05, 4.69) is 24.1 Å². The maximum Gasteiger partial charge on any atom is 0.132 e. The number of aromatic nitrogens is 2. The number of benzene rings is 2. The molecule has 3 aromatic rings. The Morgan fingerprint density at radius 3 is 2.52 bits per heavy atom. The molecular formula is C19H18FN3. The lowest BCUT2D eigenvalue weighted by molar-refractivity contribution is 0.346. The second-order valence-electron chi connectivity index (χ2n) is 6.07. The first-order valence-electron chi connectivity index (χ1n) is 7.78. The van der Waals surface area contributed by atoms with Gasteiger partial charge in [0.15, 0.2) is 0 Å². The fraction of sp³-hybridized carbons (Fsp3) is 0.211. The Bertz CT molecular complexity index is 839. The van der Waals surface area contributed by atoms with Crippen molar-refractivity contribution in [2.24, 2.45) is 0 Å². The highest BCUT2D eigenvalue weighted by Crippen LogP contribution is 2.33. The van der Waals surface area contributed by atoms with E-state index < -0.39 is 0 Å². The molecule has 4 heteroatoms. The van der Waals surface area contributed by atoms with Crippen LogP contribution in [0.1, 0.15) is 16.8 Å². The summed E-state index contributed by atoms with van der Waals surface area (Å²) in [6.07, 6.45) is 0. The highest BCUT2D eigenvalue weighted by atomic mass is 19.1. The van der Waals surface area contributed by atoms with Crippen LogP contribution in [-0.2, 0) is 19.6 Å². The Kier molecular flexibility index (Phi) is 3.46. The Labute approximate surface area is 135 Å². The molecule has 23 heavy (non-hydrogen) atoms. The van der Waals surface area contributed by atoms with E-state index in [1.165, 1.54) is 11.6 Å². The molecule has 1 aliphatic rings. The van der Waals surface area contributed by atoms with E-state index in [-0.39, 0.29) is 5.82 Å². The number of fused-ring (bicyclic) bond motifs is 1. The zero-order valence-electron chi connectivity index (χ0n) is 13.0. The van der Waals surface area contributed by atoms with Crippen LogP contribution in [0.4, 0.5) is 4.39 Å². The van der Waals surface area contributed by atoms with Gasteiger partial charge in [0, 0.05) is 24.2 Å². The minimum atomic E-state index is -0.195. The summed E-state index contributed by atoms with van der Waals surface area (Å²) in [5, 5.41) is 4.76. The van der Waals surface area contributed by atoms with E-state index in [4.69, 9.17) is 5.10 Å². The summed E-state index contributed by atoms with van der Waals surface area (Å²) in [7, 11) is 2.06. The van der Waals surface area contributed by atoms with Crippen molar-refractivity contribution in [1.29, 1.82) is 0 Å². The first-order chi connectivity index (χ1) is 11.2. The van der Waals surface area contributed by atoms with Crippen molar-refractivity contribution in [3.05, 3.63) is 77.2 Å². The minimum absolute atomic E-state index is 0.195. The lowest BCUT2D eigenvalue weighted by atomic mass is 10.1. The predicted octanol–water partition coefficient (Wildman–Crippen LogP) is 3.68. The quantitative estimate of drug-likeness (QED) is 0.736. The molecule has 0 fully saturated rings. The molecule has 0 bridgehead atoms. The summed E-state index contributed by atoms with van der Waals surface area (Å²) in [5.41, 5.74) is 4.91. The van der Waals surface area contributed by atoms with Crippen molar-refractivity contribution in [2.75, 3.05) is 7.05 Å². The Balaban J connectivity index is 1.84. The van der Waals surface area contributed by atoms with Gasteiger partial charge in [-0.15, -0.1) is 0 Å². The molecule has 3 nitrogen and oxygen atoms in total. The van der Waals surface area contributed by atoms with Gasteiger partial charge in [-0.1, -0.05) is 42.5 Å². The van der Waals surface area contributed by atoms with Crippen LogP contribution < -0.4 is 0 Å². The molecular weight excluding hydrogens is 289 g/mol. The predicted molar refractivity (Wildman–Crippen MR) is 88.3 cm³/mol. The van der Waals surface area contributed by atoms with Crippen LogP contribution in [0.25, 0.3) is 11.3 Å². The summed E-state index contributed by atoms with van der Waals surface area (Å²) in [5.74, 6) is -0.195. The highest BCUT2D eigenvalue weighted by molar-refractivity contribution is 5.66. The highest BCUT2D eigenvalue weighted by Gasteiger charge is 2.27. The van der Waals surface area contributed by atoms with Gasteiger partial charge in [-0.25, -0.2) is 4.39 Å². The molecule has 0 atom stereocenters. The average Bonchev–Trinajstić information content (AvgIpc) is 3.05. The van der Waals surface area contributed by atoms with Gasteiger partial charge in [0.25, 0.3) is 0 Å². The van der Waals surface area contributed by atoms with Crippen LogP contribution in [0.3, 0.4) is 0 Å². The van der Waals surface area contributed by atoms with Crippen molar-refractivity contribution >= 4 is 0 Å². The molecule has 0 saturated carbocycles. The molecule has 0 amide bonds. The largest absolute Gasteiger partial charge is 0.296 e. The fourth-order valence-corrected chi connectivity index (χ4v) is 3.25. The van der Waals surface area contributed by atoms with Gasteiger partial charge in [-0.3, -0.25) is 9.58 Å². The van der Waals surface area contributed by atoms with Crippen molar-refractivity contribution in [3.8, 4) is 11.3 Å². The molecule has 0 unspecified atom stereocenters. The van der Waals surface area contributed by atoms with Gasteiger partial charge < -0.3 is 0 Å². The molecule has 4 rings (SSSR count). The van der Waals surface area contributed by atoms with Gasteiger partial charge in [-0.2, -0.15) is 5.10 Å². The topological polar surface area (TPSA) is 21.1 Å². The Morgan fingerprint density at radius 1 is 1.00 bits per heavy atom. The van der Waals surface area contributed by atoms with E-state index in [0.717, 1.165) is 30.0 Å². The molecule has 0 spiro atoms. The third-order valence-electron chi connectivity index (χ3n) is 4.29. The van der Waals surface area contributed by atoms with Gasteiger partial charge in [0.05, 0.1) is 17.9 Å². The summed E-state index contributed by atoms with van der Waals surface area (Å²) in [6.45, 7) is 2.29. The SMILES string of the molecule is CN1Cc2nn(Cc3ccccc3)c(-c3ccccc3F)c2C1. The number of hydrogen-bond donors (Lipinski definition) is 0. The molecule has 2 aromatic carbocycles. The van der Waals surface area contributed by atoms with Crippen molar-refractivity contribution in [1.82, 2.24) is 14.7 Å². The third kappa shape index (κ3) is 2.55. The summed E-state index contributed by atoms with van der Waals surface area (Å²) >= 11 is 0. The maximum absolute atomic E-state index is 14.4. The molecule has 0 saturated heterocycles. The number of hydrogen-bond acceptors (Lipinski definition) is 2. The van der Waals surface area contributed by atoms with Crippen LogP contribution >= 0.6 is 0 Å². The first-order valence-corrected chi connectivity index (χ1v) is 7.78. The normalized spacial score (nSPS) is 14.2. The van der Waals surface area contributed by atoms with Crippen LogP contribution in [-0.4, -0.2) is 21.7 Å². The van der Waals surface area contributed by atoms with Crippen molar-refractivity contribution < 1.29 is 4.39 Å². The lowest BCUT2D eigenvalue weighted by Crippen LogP contribution is -2.13. The second-order valence-corrected chi connectivity index (χ2v) is 6.07. The molecule has 116 valence electrons. The lowest BCUT2D eigenvalue weighted by Gasteiger charge is -2.13. The zero-order valence-corrected chi connectivity index (χ0v) is 13.0. The van der Waals surface area contributed by atoms with E-state index in [9.17, 15) is 4.39 Å². The number of nitrogens with zero attached hydrogens (tertiary/aromatic N) is 3. The summed E-state index contributed by atoms with van der Waals surface area (Å²) < 4.78 is 16.3. The standard InChI is InChI=1S/C19H18FN3/c1-22-12-16-18(13-22)21-23(11-14-7-3-2-4-8-14)19(16)15-9-5-6-10-17(15)20/h2-10H,11-13H2,1H3. The molecule has 0 aliphatic carbocycles. The Hall–Kier alpha value is -2.46. The average molecular weight is 307 g/mol. The van der Waals surface area contributed by atoms with E-state index in [1.807, 2.05) is 35.0 Å². The fourth-order valence-electron chi connectivity index (χ4n) is 3.25. The van der Waals surface area contributed by atoms with Crippen LogP contribution in [0.2, 0.25) is 0 Å². The maximum atomic E-state index is 14.4.